The van der Waals surface area contributed by atoms with E-state index in [9.17, 15) is 13.2 Å². The Labute approximate surface area is 81.4 Å². The van der Waals surface area contributed by atoms with Gasteiger partial charge in [-0.15, -0.1) is 0 Å². The van der Waals surface area contributed by atoms with Crippen LogP contribution in [0, 0.1) is 0 Å². The second kappa shape index (κ2) is 3.41. The molecule has 14 heavy (non-hydrogen) atoms. The molecule has 7 heteroatoms. The minimum absolute atomic E-state index is 0.0901. The first-order valence-corrected chi connectivity index (χ1v) is 5.49. The van der Waals surface area contributed by atoms with Gasteiger partial charge in [-0.3, -0.25) is 9.89 Å². The zero-order chi connectivity index (χ0) is 10.9. The van der Waals surface area contributed by atoms with Gasteiger partial charge in [0.05, 0.1) is 5.25 Å². The van der Waals surface area contributed by atoms with Crippen molar-refractivity contribution in [1.29, 1.82) is 0 Å². The summed E-state index contributed by atoms with van der Waals surface area (Å²) in [7, 11) is -3.78. The molecule has 0 amide bonds. The van der Waals surface area contributed by atoms with E-state index in [2.05, 4.69) is 10.2 Å². The summed E-state index contributed by atoms with van der Waals surface area (Å²) >= 11 is 0. The number of H-pyrrole nitrogens is 1. The Morgan fingerprint density at radius 3 is 2.50 bits per heavy atom. The number of aromatic nitrogens is 2. The van der Waals surface area contributed by atoms with Crippen LogP contribution in [0.5, 0.6) is 0 Å². The second-order valence-electron chi connectivity index (χ2n) is 3.09. The van der Waals surface area contributed by atoms with Crippen LogP contribution in [-0.2, 0) is 9.84 Å². The smallest absolute Gasteiger partial charge is 0.294 e. The molecule has 0 radical (unpaired) electrons. The lowest BCUT2D eigenvalue weighted by Crippen LogP contribution is -2.24. The van der Waals surface area contributed by atoms with Crippen molar-refractivity contribution in [1.82, 2.24) is 10.2 Å². The SMILES string of the molecule is CC(C)S(=O)(=O)C(=O)c1cc(N)n[nH]1. The van der Waals surface area contributed by atoms with E-state index in [0.29, 0.717) is 0 Å². The molecular weight excluding hydrogens is 206 g/mol. The van der Waals surface area contributed by atoms with Gasteiger partial charge in [0.15, 0.2) is 0 Å². The van der Waals surface area contributed by atoms with Crippen molar-refractivity contribution >= 4 is 20.8 Å². The highest BCUT2D eigenvalue weighted by molar-refractivity contribution is 8.07. The van der Waals surface area contributed by atoms with Gasteiger partial charge in [-0.25, -0.2) is 8.42 Å². The fourth-order valence-electron chi connectivity index (χ4n) is 0.809. The van der Waals surface area contributed by atoms with Crippen LogP contribution in [0.2, 0.25) is 0 Å². The summed E-state index contributed by atoms with van der Waals surface area (Å²) in [6, 6.07) is 1.20. The number of carbonyl (C=O) groups excluding carboxylic acids is 1. The Kier molecular flexibility index (Phi) is 2.61. The van der Waals surface area contributed by atoms with Gasteiger partial charge in [0.25, 0.3) is 5.12 Å². The van der Waals surface area contributed by atoms with Crippen molar-refractivity contribution in [3.05, 3.63) is 11.8 Å². The molecular formula is C7H11N3O3S. The van der Waals surface area contributed by atoms with E-state index in [1.807, 2.05) is 0 Å². The number of nitrogens with two attached hydrogens (primary N) is 1. The molecule has 0 saturated heterocycles. The van der Waals surface area contributed by atoms with Crippen LogP contribution in [0.1, 0.15) is 24.3 Å². The van der Waals surface area contributed by atoms with Gasteiger partial charge in [0.2, 0.25) is 9.84 Å². The normalized spacial score (nSPS) is 11.9. The summed E-state index contributed by atoms with van der Waals surface area (Å²) in [5.74, 6) is 0.0901. The van der Waals surface area contributed by atoms with Crippen molar-refractivity contribution in [3.8, 4) is 0 Å². The van der Waals surface area contributed by atoms with Crippen LogP contribution < -0.4 is 5.73 Å². The monoisotopic (exact) mass is 217 g/mol. The van der Waals surface area contributed by atoms with E-state index in [4.69, 9.17) is 5.73 Å². The Bertz CT molecular complexity index is 447. The summed E-state index contributed by atoms with van der Waals surface area (Å²) in [6.07, 6.45) is 0. The molecule has 0 fully saturated rings. The van der Waals surface area contributed by atoms with E-state index in [1.165, 1.54) is 19.9 Å². The Morgan fingerprint density at radius 2 is 2.14 bits per heavy atom. The third-order valence-corrected chi connectivity index (χ3v) is 3.67. The lowest BCUT2D eigenvalue weighted by molar-refractivity contribution is 0.107. The number of nitrogens with zero attached hydrogens (tertiary/aromatic N) is 1. The molecule has 1 aromatic rings. The van der Waals surface area contributed by atoms with Gasteiger partial charge in [-0.2, -0.15) is 5.10 Å². The fourth-order valence-corrected chi connectivity index (χ4v) is 1.65. The topological polar surface area (TPSA) is 106 Å². The van der Waals surface area contributed by atoms with Crippen molar-refractivity contribution in [2.24, 2.45) is 0 Å². The summed E-state index contributed by atoms with van der Waals surface area (Å²) in [6.45, 7) is 2.87. The van der Waals surface area contributed by atoms with E-state index < -0.39 is 20.2 Å². The predicted octanol–water partition coefficient (Wildman–Crippen LogP) is -0.0447. The molecule has 3 N–H and O–H groups in total. The lowest BCUT2D eigenvalue weighted by Gasteiger charge is -2.03. The van der Waals surface area contributed by atoms with Crippen LogP contribution in [0.4, 0.5) is 5.82 Å². The molecule has 1 aromatic heterocycles. The first kappa shape index (κ1) is 10.7. The zero-order valence-electron chi connectivity index (χ0n) is 7.81. The van der Waals surface area contributed by atoms with Gasteiger partial charge < -0.3 is 5.73 Å². The third-order valence-electron chi connectivity index (χ3n) is 1.70. The molecule has 0 aliphatic rings. The van der Waals surface area contributed by atoms with Crippen molar-refractivity contribution in [2.45, 2.75) is 19.1 Å². The summed E-state index contributed by atoms with van der Waals surface area (Å²) in [5, 5.41) is 4.01. The molecule has 1 rings (SSSR count). The standard InChI is InChI=1S/C7H11N3O3S/c1-4(2)14(12,13)7(11)5-3-6(8)10-9-5/h3-4H,1-2H3,(H3,8,9,10). The third kappa shape index (κ3) is 1.77. The number of anilines is 1. The van der Waals surface area contributed by atoms with Crippen LogP contribution in [-0.4, -0.2) is 29.0 Å². The predicted molar refractivity (Wildman–Crippen MR) is 51.4 cm³/mol. The van der Waals surface area contributed by atoms with Crippen LogP contribution in [0.3, 0.4) is 0 Å². The van der Waals surface area contributed by atoms with Gasteiger partial charge in [0.1, 0.15) is 11.5 Å². The number of hydrogen-bond acceptors (Lipinski definition) is 5. The quantitative estimate of drug-likeness (QED) is 0.722. The summed E-state index contributed by atoms with van der Waals surface area (Å²) in [5.41, 5.74) is 5.15. The molecule has 0 spiro atoms. The first-order valence-electron chi connectivity index (χ1n) is 3.95. The van der Waals surface area contributed by atoms with Crippen molar-refractivity contribution in [2.75, 3.05) is 5.73 Å². The van der Waals surface area contributed by atoms with Gasteiger partial charge in [-0.05, 0) is 13.8 Å². The number of nitrogens with one attached hydrogen (secondary N) is 1. The van der Waals surface area contributed by atoms with Gasteiger partial charge in [-0.1, -0.05) is 0 Å². The highest BCUT2D eigenvalue weighted by atomic mass is 32.2. The molecule has 78 valence electrons. The molecule has 0 bridgehead atoms. The highest BCUT2D eigenvalue weighted by Gasteiger charge is 2.28. The van der Waals surface area contributed by atoms with E-state index in [1.54, 1.807) is 0 Å². The largest absolute Gasteiger partial charge is 0.382 e. The first-order chi connectivity index (χ1) is 6.35. The van der Waals surface area contributed by atoms with E-state index in [-0.39, 0.29) is 11.5 Å². The zero-order valence-corrected chi connectivity index (χ0v) is 8.63. The van der Waals surface area contributed by atoms with Crippen LogP contribution in [0.25, 0.3) is 0 Å². The molecule has 0 aliphatic heterocycles. The minimum Gasteiger partial charge on any atom is -0.382 e. The molecule has 0 aliphatic carbocycles. The van der Waals surface area contributed by atoms with E-state index >= 15 is 0 Å². The van der Waals surface area contributed by atoms with E-state index in [0.717, 1.165) is 0 Å². The maximum Gasteiger partial charge on any atom is 0.294 e. The van der Waals surface area contributed by atoms with Crippen LogP contribution >= 0.6 is 0 Å². The maximum atomic E-state index is 11.4. The molecule has 0 unspecified atom stereocenters. The molecule has 1 heterocycles. The maximum absolute atomic E-state index is 11.4. The minimum atomic E-state index is -3.78. The van der Waals surface area contributed by atoms with Crippen molar-refractivity contribution in [3.63, 3.8) is 0 Å². The fraction of sp³-hybridized carbons (Fsp3) is 0.429. The summed E-state index contributed by atoms with van der Waals surface area (Å²) < 4.78 is 22.8. The molecule has 0 aromatic carbocycles. The second-order valence-corrected chi connectivity index (χ2v) is 5.49. The average Bonchev–Trinajstić information content (AvgIpc) is 2.50. The average molecular weight is 217 g/mol. The number of rotatable bonds is 2. The Balaban J connectivity index is 3.09. The lowest BCUT2D eigenvalue weighted by atomic mass is 10.5. The van der Waals surface area contributed by atoms with Crippen molar-refractivity contribution < 1.29 is 13.2 Å². The molecule has 0 atom stereocenters. The molecule has 6 nitrogen and oxygen atoms in total. The number of hydrogen-bond donors (Lipinski definition) is 2. The number of sulfone groups is 1. The molecule has 0 saturated carbocycles. The van der Waals surface area contributed by atoms with Crippen LogP contribution in [0.15, 0.2) is 6.07 Å². The number of aromatic amines is 1. The number of carbonyl (C=O) groups is 1. The Hall–Kier alpha value is -1.37. The number of nitrogen functional groups attached to an aromatic ring is 1. The van der Waals surface area contributed by atoms with Gasteiger partial charge in [0, 0.05) is 6.07 Å². The Morgan fingerprint density at radius 1 is 1.57 bits per heavy atom. The highest BCUT2D eigenvalue weighted by Crippen LogP contribution is 2.10. The summed E-state index contributed by atoms with van der Waals surface area (Å²) in [4.78, 5) is 11.4. The van der Waals surface area contributed by atoms with Gasteiger partial charge >= 0.3 is 0 Å².